The minimum absolute atomic E-state index is 0.237. The SMILES string of the molecule is COc1ccc(N2CCN(c3ccc(S(=O)(=O)N4CCCCC4)cn3)CC2)cc1F. The smallest absolute Gasteiger partial charge is 0.244 e. The van der Waals surface area contributed by atoms with E-state index >= 15 is 0 Å². The summed E-state index contributed by atoms with van der Waals surface area (Å²) >= 11 is 0. The molecule has 162 valence electrons. The summed E-state index contributed by atoms with van der Waals surface area (Å²) in [5, 5.41) is 0. The van der Waals surface area contributed by atoms with Gasteiger partial charge < -0.3 is 14.5 Å². The van der Waals surface area contributed by atoms with Crippen LogP contribution in [0.2, 0.25) is 0 Å². The summed E-state index contributed by atoms with van der Waals surface area (Å²) in [4.78, 5) is 8.91. The average Bonchev–Trinajstić information content (AvgIpc) is 2.80. The second-order valence-electron chi connectivity index (χ2n) is 7.61. The Labute approximate surface area is 177 Å². The highest BCUT2D eigenvalue weighted by Gasteiger charge is 2.27. The van der Waals surface area contributed by atoms with E-state index in [1.54, 1.807) is 22.5 Å². The minimum Gasteiger partial charge on any atom is -0.494 e. The molecule has 7 nitrogen and oxygen atoms in total. The van der Waals surface area contributed by atoms with Crippen LogP contribution in [-0.4, -0.2) is 64.1 Å². The predicted octanol–water partition coefficient (Wildman–Crippen LogP) is 2.73. The molecule has 0 spiro atoms. The van der Waals surface area contributed by atoms with Crippen molar-refractivity contribution in [3.8, 4) is 5.75 Å². The number of anilines is 2. The molecule has 0 bridgehead atoms. The van der Waals surface area contributed by atoms with Crippen LogP contribution in [0, 0.1) is 5.82 Å². The number of rotatable bonds is 5. The number of hydrogen-bond donors (Lipinski definition) is 0. The average molecular weight is 435 g/mol. The molecule has 0 amide bonds. The molecule has 4 rings (SSSR count). The van der Waals surface area contributed by atoms with Crippen LogP contribution in [0.1, 0.15) is 19.3 Å². The van der Waals surface area contributed by atoms with Crippen molar-refractivity contribution >= 4 is 21.5 Å². The van der Waals surface area contributed by atoms with Crippen LogP contribution in [-0.2, 0) is 10.0 Å². The van der Waals surface area contributed by atoms with Gasteiger partial charge in [-0.25, -0.2) is 17.8 Å². The van der Waals surface area contributed by atoms with E-state index in [-0.39, 0.29) is 16.5 Å². The fourth-order valence-corrected chi connectivity index (χ4v) is 5.48. The van der Waals surface area contributed by atoms with E-state index in [4.69, 9.17) is 4.74 Å². The molecule has 3 heterocycles. The highest BCUT2D eigenvalue weighted by molar-refractivity contribution is 7.89. The Kier molecular flexibility index (Phi) is 6.10. The number of methoxy groups -OCH3 is 1. The number of benzene rings is 1. The molecule has 2 saturated heterocycles. The Morgan fingerprint density at radius 2 is 1.63 bits per heavy atom. The van der Waals surface area contributed by atoms with E-state index in [0.29, 0.717) is 13.1 Å². The van der Waals surface area contributed by atoms with Crippen LogP contribution in [0.25, 0.3) is 0 Å². The van der Waals surface area contributed by atoms with Crippen molar-refractivity contribution in [3.63, 3.8) is 0 Å². The maximum absolute atomic E-state index is 14.0. The second kappa shape index (κ2) is 8.77. The molecule has 9 heteroatoms. The van der Waals surface area contributed by atoms with Gasteiger partial charge in [-0.1, -0.05) is 6.42 Å². The lowest BCUT2D eigenvalue weighted by Crippen LogP contribution is -2.46. The molecule has 2 fully saturated rings. The van der Waals surface area contributed by atoms with E-state index in [2.05, 4.69) is 14.8 Å². The van der Waals surface area contributed by atoms with Gasteiger partial charge in [-0.15, -0.1) is 0 Å². The summed E-state index contributed by atoms with van der Waals surface area (Å²) in [5.41, 5.74) is 0.823. The Morgan fingerprint density at radius 3 is 2.23 bits per heavy atom. The first-order valence-corrected chi connectivity index (χ1v) is 11.7. The highest BCUT2D eigenvalue weighted by atomic mass is 32.2. The molecule has 0 saturated carbocycles. The molecule has 2 aromatic rings. The Morgan fingerprint density at radius 1 is 0.933 bits per heavy atom. The van der Waals surface area contributed by atoms with E-state index in [1.165, 1.54) is 19.4 Å². The molecular formula is C21H27FN4O3S. The normalized spacial score (nSPS) is 18.5. The number of ether oxygens (including phenoxy) is 1. The van der Waals surface area contributed by atoms with Gasteiger partial charge >= 0.3 is 0 Å². The molecule has 0 unspecified atom stereocenters. The molecule has 2 aliphatic rings. The lowest BCUT2D eigenvalue weighted by molar-refractivity contribution is 0.346. The third-order valence-electron chi connectivity index (χ3n) is 5.78. The van der Waals surface area contributed by atoms with Crippen LogP contribution in [0.5, 0.6) is 5.75 Å². The molecule has 0 atom stereocenters. The fraction of sp³-hybridized carbons (Fsp3) is 0.476. The molecule has 2 aliphatic heterocycles. The second-order valence-corrected chi connectivity index (χ2v) is 9.55. The van der Waals surface area contributed by atoms with Gasteiger partial charge in [0, 0.05) is 57.2 Å². The van der Waals surface area contributed by atoms with Gasteiger partial charge in [-0.05, 0) is 37.1 Å². The van der Waals surface area contributed by atoms with Crippen LogP contribution in [0.15, 0.2) is 41.4 Å². The third-order valence-corrected chi connectivity index (χ3v) is 7.66. The van der Waals surface area contributed by atoms with Crippen LogP contribution in [0.4, 0.5) is 15.9 Å². The molecule has 0 N–H and O–H groups in total. The molecule has 30 heavy (non-hydrogen) atoms. The zero-order chi connectivity index (χ0) is 21.1. The monoisotopic (exact) mass is 434 g/mol. The van der Waals surface area contributed by atoms with Gasteiger partial charge in [-0.3, -0.25) is 0 Å². The number of piperidine rings is 1. The summed E-state index contributed by atoms with van der Waals surface area (Å²) in [7, 11) is -2.01. The van der Waals surface area contributed by atoms with Crippen LogP contribution >= 0.6 is 0 Å². The van der Waals surface area contributed by atoms with Gasteiger partial charge in [0.2, 0.25) is 10.0 Å². The quantitative estimate of drug-likeness (QED) is 0.721. The first-order valence-electron chi connectivity index (χ1n) is 10.3. The maximum Gasteiger partial charge on any atom is 0.244 e. The summed E-state index contributed by atoms with van der Waals surface area (Å²) in [6.07, 6.45) is 4.36. The van der Waals surface area contributed by atoms with Crippen molar-refractivity contribution in [3.05, 3.63) is 42.3 Å². The molecule has 0 radical (unpaired) electrons. The van der Waals surface area contributed by atoms with E-state index in [0.717, 1.165) is 56.9 Å². The molecule has 0 aliphatic carbocycles. The number of hydrogen-bond acceptors (Lipinski definition) is 6. The van der Waals surface area contributed by atoms with Crippen LogP contribution in [0.3, 0.4) is 0 Å². The van der Waals surface area contributed by atoms with Gasteiger partial charge in [0.1, 0.15) is 10.7 Å². The number of halogens is 1. The Bertz CT molecular complexity index is 970. The van der Waals surface area contributed by atoms with E-state index in [1.807, 2.05) is 6.07 Å². The maximum atomic E-state index is 14.0. The number of nitrogens with zero attached hydrogens (tertiary/aromatic N) is 4. The third kappa shape index (κ3) is 4.22. The molecule has 1 aromatic heterocycles. The van der Waals surface area contributed by atoms with Gasteiger partial charge in [-0.2, -0.15) is 4.31 Å². The van der Waals surface area contributed by atoms with Gasteiger partial charge in [0.15, 0.2) is 11.6 Å². The lowest BCUT2D eigenvalue weighted by atomic mass is 10.2. The van der Waals surface area contributed by atoms with Crippen molar-refractivity contribution in [1.82, 2.24) is 9.29 Å². The Hall–Kier alpha value is -2.39. The van der Waals surface area contributed by atoms with Crippen molar-refractivity contribution in [1.29, 1.82) is 0 Å². The van der Waals surface area contributed by atoms with Crippen LogP contribution < -0.4 is 14.5 Å². The van der Waals surface area contributed by atoms with E-state index in [9.17, 15) is 12.8 Å². The standard InChI is InChI=1S/C21H27FN4O3S/c1-29-20-7-5-17(15-19(20)22)24-11-13-25(14-12-24)21-8-6-18(16-23-21)30(27,28)26-9-3-2-4-10-26/h5-8,15-16H,2-4,9-14H2,1H3. The lowest BCUT2D eigenvalue weighted by Gasteiger charge is -2.36. The molecule has 1 aromatic carbocycles. The highest BCUT2D eigenvalue weighted by Crippen LogP contribution is 2.26. The molecular weight excluding hydrogens is 407 g/mol. The first-order chi connectivity index (χ1) is 14.5. The Balaban J connectivity index is 1.40. The first kappa shape index (κ1) is 20.9. The topological polar surface area (TPSA) is 66.0 Å². The zero-order valence-electron chi connectivity index (χ0n) is 17.1. The summed E-state index contributed by atoms with van der Waals surface area (Å²) < 4.78 is 46.1. The van der Waals surface area contributed by atoms with E-state index < -0.39 is 10.0 Å². The number of piperazine rings is 1. The van der Waals surface area contributed by atoms with Crippen molar-refractivity contribution < 1.29 is 17.5 Å². The van der Waals surface area contributed by atoms with Gasteiger partial charge in [0.25, 0.3) is 0 Å². The predicted molar refractivity (Wildman–Crippen MR) is 114 cm³/mol. The summed E-state index contributed by atoms with van der Waals surface area (Å²) in [5.74, 6) is 0.624. The van der Waals surface area contributed by atoms with Gasteiger partial charge in [0.05, 0.1) is 7.11 Å². The number of pyridine rings is 1. The summed E-state index contributed by atoms with van der Waals surface area (Å²) in [6, 6.07) is 8.42. The van der Waals surface area contributed by atoms with Crippen molar-refractivity contribution in [2.45, 2.75) is 24.2 Å². The number of sulfonamides is 1. The fourth-order valence-electron chi connectivity index (χ4n) is 4.01. The zero-order valence-corrected chi connectivity index (χ0v) is 17.9. The largest absolute Gasteiger partial charge is 0.494 e. The summed E-state index contributed by atoms with van der Waals surface area (Å²) in [6.45, 7) is 4.05. The minimum atomic E-state index is -3.47. The van der Waals surface area contributed by atoms with Crippen molar-refractivity contribution in [2.24, 2.45) is 0 Å². The van der Waals surface area contributed by atoms with Crippen molar-refractivity contribution in [2.75, 3.05) is 56.2 Å². The number of aromatic nitrogens is 1.